The highest BCUT2D eigenvalue weighted by atomic mass is 32.1. The van der Waals surface area contributed by atoms with Gasteiger partial charge in [0.1, 0.15) is 43.6 Å². The molecule has 58 heavy (non-hydrogen) atoms. The number of nitrogens with zero attached hydrogens (tertiary/aromatic N) is 4. The zero-order valence-corrected chi connectivity index (χ0v) is 33.4. The molecule has 1 saturated heterocycles. The fraction of sp³-hybridized carbons (Fsp3) is 0.316. The van der Waals surface area contributed by atoms with Gasteiger partial charge in [-0.05, 0) is 76.2 Å². The Morgan fingerprint density at radius 2 is 1.24 bits per heavy atom. The van der Waals surface area contributed by atoms with Crippen LogP contribution in [0.5, 0.6) is 11.5 Å². The van der Waals surface area contributed by atoms with E-state index < -0.39 is 24.2 Å². The van der Waals surface area contributed by atoms with Crippen LogP contribution in [0.3, 0.4) is 0 Å². The molecule has 7 N–H and O–H groups in total. The lowest BCUT2D eigenvalue weighted by atomic mass is 10.2. The van der Waals surface area contributed by atoms with Crippen molar-refractivity contribution in [1.82, 2.24) is 30.2 Å². The average Bonchev–Trinajstić information content (AvgIpc) is 3.82. The second kappa shape index (κ2) is 18.5. The Balaban J connectivity index is 0.000000217. The van der Waals surface area contributed by atoms with E-state index in [0.29, 0.717) is 55.6 Å². The van der Waals surface area contributed by atoms with Crippen LogP contribution in [-0.2, 0) is 4.74 Å². The van der Waals surface area contributed by atoms with Crippen molar-refractivity contribution in [2.24, 2.45) is 0 Å². The lowest BCUT2D eigenvalue weighted by Gasteiger charge is -2.12. The highest BCUT2D eigenvalue weighted by Crippen LogP contribution is 2.29. The number of halogens is 2. The van der Waals surface area contributed by atoms with E-state index in [4.69, 9.17) is 25.7 Å². The number of carbonyl (C=O) groups is 2. The maximum atomic E-state index is 13.0. The Morgan fingerprint density at radius 3 is 1.62 bits per heavy atom. The third kappa shape index (κ3) is 9.76. The van der Waals surface area contributed by atoms with E-state index in [0.717, 1.165) is 11.3 Å². The van der Waals surface area contributed by atoms with E-state index in [1.165, 1.54) is 27.4 Å². The van der Waals surface area contributed by atoms with Crippen molar-refractivity contribution in [3.63, 3.8) is 0 Å². The summed E-state index contributed by atoms with van der Waals surface area (Å²) in [6, 6.07) is 13.0. The number of hydrogen-bond donors (Lipinski definition) is 5. The fourth-order valence-electron chi connectivity index (χ4n) is 5.45. The van der Waals surface area contributed by atoms with Crippen LogP contribution >= 0.6 is 22.7 Å². The van der Waals surface area contributed by atoms with Crippen LogP contribution in [0.2, 0.25) is 0 Å². The number of nitrogen functional groups attached to an aromatic ring is 2. The lowest BCUT2D eigenvalue weighted by Crippen LogP contribution is -3.00. The highest BCUT2D eigenvalue weighted by Gasteiger charge is 2.24. The summed E-state index contributed by atoms with van der Waals surface area (Å²) < 4.78 is 30.6. The molecule has 1 fully saturated rings. The first kappa shape index (κ1) is 43.2. The van der Waals surface area contributed by atoms with E-state index in [1.807, 2.05) is 27.7 Å². The minimum atomic E-state index is -1.20. The number of alkyl halides is 1. The van der Waals surface area contributed by atoms with Gasteiger partial charge < -0.3 is 46.1 Å². The number of aliphatic hydroxyl groups is 1. The number of thiophene rings is 2. The molecule has 1 aliphatic heterocycles. The number of carbonyl (C=O) groups excluding carboxylic acids is 2. The maximum absolute atomic E-state index is 13.0. The normalized spacial score (nSPS) is 13.8. The molecule has 0 saturated carbocycles. The van der Waals surface area contributed by atoms with Crippen molar-refractivity contribution in [1.29, 1.82) is 0 Å². The molecule has 2 amide bonds. The first-order valence-corrected chi connectivity index (χ1v) is 19.5. The Hall–Kier alpha value is -5.96. The number of nitrogens with one attached hydrogen (secondary N) is 2. The monoisotopic (exact) mass is 837 g/mol. The number of ether oxygens (including phenoxy) is 3. The van der Waals surface area contributed by atoms with Crippen LogP contribution in [0.25, 0.3) is 32.9 Å². The number of nitrogens with two attached hydrogens (primary N) is 2. The van der Waals surface area contributed by atoms with Crippen molar-refractivity contribution < 1.29 is 38.0 Å². The van der Waals surface area contributed by atoms with Crippen LogP contribution in [0.4, 0.5) is 14.4 Å². The highest BCUT2D eigenvalue weighted by molar-refractivity contribution is 7.16. The van der Waals surface area contributed by atoms with Gasteiger partial charge in [0.05, 0.1) is 38.8 Å². The first-order valence-electron chi connectivity index (χ1n) is 17.8. The SMILES string of the molecule is CC(C)NC(=O)c1nn(-c2ccc(OCC(O)C[18F])cc2)c(=O)c2c(N)scc12.CC(C)NC(=O)c1nn(-c2ccc(OCC3CO3)cc2)c(=O)c2c(N)scc12.[18F-]. The Kier molecular flexibility index (Phi) is 13.8. The molecule has 0 aliphatic carbocycles. The van der Waals surface area contributed by atoms with Gasteiger partial charge in [-0.1, -0.05) is 0 Å². The minimum Gasteiger partial charge on any atom is -1.00 e. The second-order valence-electron chi connectivity index (χ2n) is 13.5. The van der Waals surface area contributed by atoms with E-state index in [2.05, 4.69) is 20.8 Å². The molecule has 20 heteroatoms. The number of epoxide rings is 1. The van der Waals surface area contributed by atoms with Crippen LogP contribution in [0.1, 0.15) is 48.7 Å². The van der Waals surface area contributed by atoms with Gasteiger partial charge in [-0.25, -0.2) is 4.39 Å². The number of hydrogen-bond acceptors (Lipinski definition) is 14. The number of benzene rings is 2. The molecule has 2 unspecified atom stereocenters. The Bertz CT molecular complexity index is 2520. The van der Waals surface area contributed by atoms with E-state index in [-0.39, 0.29) is 57.7 Å². The molecule has 5 heterocycles. The molecular weight excluding hydrogens is 797 g/mol. The largest absolute Gasteiger partial charge is 1.00 e. The zero-order valence-electron chi connectivity index (χ0n) is 31.7. The number of fused-ring (bicyclic) bond motifs is 2. The molecule has 7 rings (SSSR count). The topological polar surface area (TPSA) is 231 Å². The summed E-state index contributed by atoms with van der Waals surface area (Å²) in [5.74, 6) is 0.303. The predicted octanol–water partition coefficient (Wildman–Crippen LogP) is 0.826. The van der Waals surface area contributed by atoms with E-state index in [1.54, 1.807) is 59.3 Å². The van der Waals surface area contributed by atoms with Crippen molar-refractivity contribution in [2.75, 3.05) is 38.0 Å². The van der Waals surface area contributed by atoms with Gasteiger partial charge >= 0.3 is 0 Å². The first-order chi connectivity index (χ1) is 27.2. The predicted molar refractivity (Wildman–Crippen MR) is 217 cm³/mol. The van der Waals surface area contributed by atoms with E-state index in [9.17, 15) is 28.7 Å². The summed E-state index contributed by atoms with van der Waals surface area (Å²) in [5, 5.41) is 28.8. The minimum absolute atomic E-state index is 0. The van der Waals surface area contributed by atoms with Gasteiger partial charge in [0, 0.05) is 33.6 Å². The van der Waals surface area contributed by atoms with Crippen molar-refractivity contribution in [3.05, 3.63) is 91.4 Å². The van der Waals surface area contributed by atoms with Gasteiger partial charge in [0.25, 0.3) is 22.9 Å². The Morgan fingerprint density at radius 1 is 0.828 bits per heavy atom. The molecule has 1 aliphatic rings. The standard InChI is InChI=1S/C19H21FN4O4S.C19H20N4O4S.FH/c1-10(2)22-18(26)16-14-9-29-17(21)15(14)19(27)24(23-16)11-3-5-13(6-4-11)28-8-12(25)7-20;1-10(2)21-18(24)16-14-9-28-17(20)15(14)19(25)23(22-16)11-3-5-12(6-4-11)26-7-13-8-27-13;/h3-6,9-10,12,25H,7-8,21H2,1-2H3,(H,22,26);3-6,9-10,13H,7-8,20H2,1-2H3,(H,21,24);1H/p-1/i20-1;;1-1. The van der Waals surface area contributed by atoms with Crippen LogP contribution < -0.4 is 47.4 Å². The lowest BCUT2D eigenvalue weighted by molar-refractivity contribution is -0.0000317. The molecule has 4 aromatic heterocycles. The quantitative estimate of drug-likeness (QED) is 0.102. The molecule has 6 aromatic rings. The smallest absolute Gasteiger partial charge is 0.282 e. The molecule has 2 atom stereocenters. The third-order valence-corrected chi connectivity index (χ3v) is 9.88. The van der Waals surface area contributed by atoms with Crippen molar-refractivity contribution in [2.45, 2.75) is 52.0 Å². The zero-order chi connectivity index (χ0) is 41.0. The van der Waals surface area contributed by atoms with Crippen LogP contribution in [0, 0.1) is 0 Å². The van der Waals surface area contributed by atoms with Gasteiger partial charge in [-0.15, -0.1) is 22.7 Å². The summed E-state index contributed by atoms with van der Waals surface area (Å²) in [4.78, 5) is 51.1. The van der Waals surface area contributed by atoms with Crippen molar-refractivity contribution in [3.8, 4) is 22.9 Å². The summed E-state index contributed by atoms with van der Waals surface area (Å²) in [5.41, 5.74) is 12.4. The molecule has 0 radical (unpaired) electrons. The van der Waals surface area contributed by atoms with Crippen LogP contribution in [0.15, 0.2) is 68.9 Å². The van der Waals surface area contributed by atoms with Gasteiger partial charge in [-0.2, -0.15) is 19.6 Å². The van der Waals surface area contributed by atoms with Crippen LogP contribution in [-0.4, -0.2) is 87.3 Å². The summed E-state index contributed by atoms with van der Waals surface area (Å²) >= 11 is 2.39. The number of aliphatic hydroxyl groups excluding tert-OH is 1. The molecule has 16 nitrogen and oxygen atoms in total. The number of amides is 2. The fourth-order valence-corrected chi connectivity index (χ4v) is 7.03. The molecule has 0 bridgehead atoms. The molecule has 2 aromatic carbocycles. The van der Waals surface area contributed by atoms with Gasteiger partial charge in [0.15, 0.2) is 11.4 Å². The number of aromatic nitrogens is 4. The van der Waals surface area contributed by atoms with E-state index >= 15 is 0 Å². The average molecular weight is 838 g/mol. The third-order valence-electron chi connectivity index (χ3n) is 8.25. The second-order valence-corrected chi connectivity index (χ2v) is 15.4. The summed E-state index contributed by atoms with van der Waals surface area (Å²) in [6.07, 6.45) is -1.04. The van der Waals surface area contributed by atoms with Gasteiger partial charge in [0.2, 0.25) is 0 Å². The van der Waals surface area contributed by atoms with Crippen molar-refractivity contribution >= 4 is 66.0 Å². The molecule has 308 valence electrons. The molecule has 0 spiro atoms. The summed E-state index contributed by atoms with van der Waals surface area (Å²) in [6.45, 7) is 7.50. The number of anilines is 2. The number of rotatable bonds is 13. The maximum Gasteiger partial charge on any atom is 0.282 e. The van der Waals surface area contributed by atoms with Gasteiger partial charge in [-0.3, -0.25) is 19.2 Å². The molecular formula is C38H41F2N8O8S2-. The summed E-state index contributed by atoms with van der Waals surface area (Å²) in [7, 11) is 0. The Labute approximate surface area is 337 Å².